The Bertz CT molecular complexity index is 836. The molecule has 0 spiro atoms. The molecule has 0 N–H and O–H groups in total. The van der Waals surface area contributed by atoms with Gasteiger partial charge in [0, 0.05) is 41.8 Å². The molecule has 0 saturated carbocycles. The van der Waals surface area contributed by atoms with Gasteiger partial charge in [-0.3, -0.25) is 0 Å². The van der Waals surface area contributed by atoms with Crippen molar-refractivity contribution in [3.8, 4) is 0 Å². The van der Waals surface area contributed by atoms with Crippen molar-refractivity contribution in [1.82, 2.24) is 0 Å². The summed E-state index contributed by atoms with van der Waals surface area (Å²) in [6.45, 7) is 5.09. The zero-order chi connectivity index (χ0) is 23.2. The van der Waals surface area contributed by atoms with Gasteiger partial charge in [-0.2, -0.15) is 0 Å². The standard InChI is InChI=1S/C7H5Cl3.C7H5Cl2F.C7H5ClF2/c1-4-6(9)2-5(8)3-7(4)10;1-4-6(8)2-5(10)3-7(4)9;1-4-6(8)2-5(9)3-7(4)10/h3*2-3H,1H3. The molecule has 0 nitrogen and oxygen atoms in total. The van der Waals surface area contributed by atoms with Crippen molar-refractivity contribution in [3.05, 3.63) is 101 Å². The number of benzene rings is 3. The molecule has 0 aliphatic heterocycles. The van der Waals surface area contributed by atoms with E-state index in [9.17, 15) is 13.2 Å². The van der Waals surface area contributed by atoms with E-state index in [0.29, 0.717) is 30.7 Å². The van der Waals surface area contributed by atoms with Crippen molar-refractivity contribution in [2.75, 3.05) is 0 Å². The first-order valence-corrected chi connectivity index (χ1v) is 10.4. The van der Waals surface area contributed by atoms with Crippen LogP contribution in [0.4, 0.5) is 13.2 Å². The third-order valence-corrected chi connectivity index (χ3v) is 5.92. The molecule has 9 heteroatoms. The maximum Gasteiger partial charge on any atom is 0.130 e. The predicted molar refractivity (Wildman–Crippen MR) is 123 cm³/mol. The Morgan fingerprint density at radius 3 is 1.13 bits per heavy atom. The van der Waals surface area contributed by atoms with Crippen LogP contribution in [0.15, 0.2) is 36.4 Å². The molecule has 0 bridgehead atoms. The van der Waals surface area contributed by atoms with Crippen molar-refractivity contribution >= 4 is 69.6 Å². The maximum absolute atomic E-state index is 12.5. The summed E-state index contributed by atoms with van der Waals surface area (Å²) in [5.74, 6) is -1.65. The van der Waals surface area contributed by atoms with Crippen molar-refractivity contribution in [3.63, 3.8) is 0 Å². The van der Waals surface area contributed by atoms with Crippen LogP contribution in [0.3, 0.4) is 0 Å². The summed E-state index contributed by atoms with van der Waals surface area (Å²) in [5.41, 5.74) is 1.86. The van der Waals surface area contributed by atoms with Gasteiger partial charge in [-0.15, -0.1) is 0 Å². The van der Waals surface area contributed by atoms with E-state index < -0.39 is 17.5 Å². The number of hydrogen-bond donors (Lipinski definition) is 0. The second-order valence-corrected chi connectivity index (χ2v) is 8.46. The van der Waals surface area contributed by atoms with E-state index in [1.54, 1.807) is 19.1 Å². The summed E-state index contributed by atoms with van der Waals surface area (Å²) in [5, 5.41) is 2.64. The van der Waals surface area contributed by atoms with Crippen LogP contribution in [0.25, 0.3) is 0 Å². The molecule has 0 radical (unpaired) electrons. The molecule has 0 fully saturated rings. The Morgan fingerprint density at radius 2 is 0.767 bits per heavy atom. The van der Waals surface area contributed by atoms with Crippen LogP contribution in [-0.4, -0.2) is 0 Å². The molecule has 0 unspecified atom stereocenters. The monoisotopic (exact) mass is 534 g/mol. The molecule has 0 heterocycles. The summed E-state index contributed by atoms with van der Waals surface area (Å²) >= 11 is 33.8. The second kappa shape index (κ2) is 12.3. The zero-order valence-electron chi connectivity index (χ0n) is 15.9. The minimum Gasteiger partial charge on any atom is -0.207 e. The van der Waals surface area contributed by atoms with Crippen LogP contribution < -0.4 is 0 Å². The fraction of sp³-hybridized carbons (Fsp3) is 0.143. The maximum atomic E-state index is 12.5. The highest BCUT2D eigenvalue weighted by atomic mass is 35.5. The molecule has 3 rings (SSSR count). The van der Waals surface area contributed by atoms with Crippen molar-refractivity contribution in [1.29, 1.82) is 0 Å². The third kappa shape index (κ3) is 8.37. The van der Waals surface area contributed by atoms with Gasteiger partial charge in [0.15, 0.2) is 0 Å². The summed E-state index contributed by atoms with van der Waals surface area (Å²) in [6.07, 6.45) is 0. The zero-order valence-corrected chi connectivity index (χ0v) is 20.4. The van der Waals surface area contributed by atoms with Gasteiger partial charge in [-0.05, 0) is 62.2 Å². The first-order chi connectivity index (χ1) is 13.8. The average Bonchev–Trinajstić information content (AvgIpc) is 2.63. The van der Waals surface area contributed by atoms with Crippen molar-refractivity contribution in [2.24, 2.45) is 0 Å². The van der Waals surface area contributed by atoms with Gasteiger partial charge in [0.25, 0.3) is 0 Å². The van der Waals surface area contributed by atoms with E-state index in [1.165, 1.54) is 19.1 Å². The Kier molecular flexibility index (Phi) is 11.1. The number of hydrogen-bond acceptors (Lipinski definition) is 0. The molecular formula is C21H15Cl6F3. The van der Waals surface area contributed by atoms with Gasteiger partial charge in [0.1, 0.15) is 17.5 Å². The van der Waals surface area contributed by atoms with E-state index in [4.69, 9.17) is 69.6 Å². The summed E-state index contributed by atoms with van der Waals surface area (Å²) in [6, 6.07) is 7.71. The van der Waals surface area contributed by atoms with Crippen LogP contribution in [-0.2, 0) is 0 Å². The molecule has 0 amide bonds. The van der Waals surface area contributed by atoms with Gasteiger partial charge in [0.2, 0.25) is 0 Å². The molecule has 0 atom stereocenters. The van der Waals surface area contributed by atoms with Crippen LogP contribution in [0.2, 0.25) is 30.1 Å². The number of rotatable bonds is 0. The Hall–Kier alpha value is -0.810. The van der Waals surface area contributed by atoms with E-state index >= 15 is 0 Å². The molecule has 3 aromatic carbocycles. The lowest BCUT2D eigenvalue weighted by molar-refractivity contribution is 0.577. The Balaban J connectivity index is 0.000000225. The molecular weight excluding hydrogens is 522 g/mol. The van der Waals surface area contributed by atoms with Gasteiger partial charge in [-0.1, -0.05) is 69.6 Å². The highest BCUT2D eigenvalue weighted by Crippen LogP contribution is 2.27. The largest absolute Gasteiger partial charge is 0.207 e. The highest BCUT2D eigenvalue weighted by molar-refractivity contribution is 6.39. The van der Waals surface area contributed by atoms with Crippen molar-refractivity contribution in [2.45, 2.75) is 20.8 Å². The normalized spacial score (nSPS) is 10.0. The second-order valence-electron chi connectivity index (χ2n) is 5.98. The van der Waals surface area contributed by atoms with E-state index in [0.717, 1.165) is 17.7 Å². The molecule has 0 aromatic heterocycles. The molecule has 3 aromatic rings. The lowest BCUT2D eigenvalue weighted by Crippen LogP contribution is -1.85. The first kappa shape index (κ1) is 27.2. The van der Waals surface area contributed by atoms with Gasteiger partial charge in [-0.25, -0.2) is 13.2 Å². The summed E-state index contributed by atoms with van der Waals surface area (Å²) in [7, 11) is 0. The summed E-state index contributed by atoms with van der Waals surface area (Å²) in [4.78, 5) is 0. The minimum absolute atomic E-state index is 0.123. The van der Waals surface area contributed by atoms with Crippen molar-refractivity contribution < 1.29 is 13.2 Å². The minimum atomic E-state index is -0.645. The topological polar surface area (TPSA) is 0 Å². The quantitative estimate of drug-likeness (QED) is 0.268. The fourth-order valence-corrected chi connectivity index (χ4v) is 3.32. The lowest BCUT2D eigenvalue weighted by atomic mass is 10.2. The van der Waals surface area contributed by atoms with Crippen LogP contribution in [0, 0.1) is 38.2 Å². The smallest absolute Gasteiger partial charge is 0.130 e. The lowest BCUT2D eigenvalue weighted by Gasteiger charge is -1.99. The van der Waals surface area contributed by atoms with Crippen LogP contribution in [0.1, 0.15) is 16.7 Å². The van der Waals surface area contributed by atoms with Gasteiger partial charge in [0.05, 0.1) is 0 Å². The Morgan fingerprint density at radius 1 is 0.467 bits per heavy atom. The van der Waals surface area contributed by atoms with E-state index in [-0.39, 0.29) is 10.6 Å². The van der Waals surface area contributed by atoms with Gasteiger partial charge >= 0.3 is 0 Å². The molecule has 0 aliphatic rings. The molecule has 30 heavy (non-hydrogen) atoms. The van der Waals surface area contributed by atoms with Crippen LogP contribution >= 0.6 is 69.6 Å². The Labute approximate surface area is 203 Å². The molecule has 0 saturated heterocycles. The predicted octanol–water partition coefficient (Wildman–Crippen LogP) is 10.3. The highest BCUT2D eigenvalue weighted by Gasteiger charge is 2.04. The SMILES string of the molecule is Cc1c(Cl)cc(Cl)cc1Cl.Cc1c(Cl)cc(F)cc1Cl.Cc1c(F)cc(F)cc1Cl. The first-order valence-electron chi connectivity index (χ1n) is 8.16. The van der Waals surface area contributed by atoms with Gasteiger partial charge < -0.3 is 0 Å². The average molecular weight is 537 g/mol. The summed E-state index contributed by atoms with van der Waals surface area (Å²) < 4.78 is 37.2. The van der Waals surface area contributed by atoms with Crippen LogP contribution in [0.5, 0.6) is 0 Å². The van der Waals surface area contributed by atoms with E-state index in [2.05, 4.69) is 0 Å². The fourth-order valence-electron chi connectivity index (χ4n) is 1.84. The third-order valence-electron chi connectivity index (χ3n) is 3.74. The molecule has 162 valence electrons. The molecule has 0 aliphatic carbocycles. The van der Waals surface area contributed by atoms with E-state index in [1.807, 2.05) is 6.92 Å². The number of halogens is 9.